The molecule has 1 aromatic carbocycles. The molecule has 5 heteroatoms. The number of hydrogen-bond donors (Lipinski definition) is 2. The molecule has 1 heterocycles. The smallest absolute Gasteiger partial charge is 0.229 e. The first-order chi connectivity index (χ1) is 7.49. The minimum atomic E-state index is -0.767. The van der Waals surface area contributed by atoms with E-state index in [0.29, 0.717) is 0 Å². The second-order valence-electron chi connectivity index (χ2n) is 4.02. The van der Waals surface area contributed by atoms with Gasteiger partial charge in [-0.2, -0.15) is 0 Å². The minimum Gasteiger partial charge on any atom is -0.380 e. The number of carbonyl (C=O) groups excluding carboxylic acids is 1. The number of nitrogens with one attached hydrogen (secondary N) is 2. The van der Waals surface area contributed by atoms with Crippen LogP contribution in [0.15, 0.2) is 12.1 Å². The fourth-order valence-electron chi connectivity index (χ4n) is 1.65. The van der Waals surface area contributed by atoms with Crippen LogP contribution in [0.5, 0.6) is 0 Å². The summed E-state index contributed by atoms with van der Waals surface area (Å²) in [6, 6.07) is 1.75. The van der Waals surface area contributed by atoms with E-state index in [2.05, 4.69) is 10.6 Å². The van der Waals surface area contributed by atoms with Crippen molar-refractivity contribution < 1.29 is 13.6 Å². The standard InChI is InChI=1S/C11H12F2N2O/c1-5-6(2)14-9-4-7(12)3-8(13)10(9)15-11(5)16/h3-6,14H,1-2H3,(H,15,16). The van der Waals surface area contributed by atoms with Gasteiger partial charge in [0.15, 0.2) is 5.82 Å². The average molecular weight is 226 g/mol. The van der Waals surface area contributed by atoms with E-state index in [9.17, 15) is 13.6 Å². The number of hydrogen-bond acceptors (Lipinski definition) is 2. The number of anilines is 2. The van der Waals surface area contributed by atoms with Crippen LogP contribution in [-0.2, 0) is 4.79 Å². The lowest BCUT2D eigenvalue weighted by molar-refractivity contribution is -0.119. The van der Waals surface area contributed by atoms with Gasteiger partial charge in [0.1, 0.15) is 11.5 Å². The zero-order valence-corrected chi connectivity index (χ0v) is 8.97. The molecule has 0 radical (unpaired) electrons. The molecule has 86 valence electrons. The Morgan fingerprint density at radius 1 is 1.25 bits per heavy atom. The van der Waals surface area contributed by atoms with Gasteiger partial charge in [0.05, 0.1) is 11.6 Å². The van der Waals surface area contributed by atoms with Crippen molar-refractivity contribution in [3.05, 3.63) is 23.8 Å². The number of fused-ring (bicyclic) bond motifs is 1. The van der Waals surface area contributed by atoms with E-state index in [0.717, 1.165) is 6.07 Å². The number of benzene rings is 1. The Labute approximate surface area is 91.8 Å². The number of rotatable bonds is 0. The van der Waals surface area contributed by atoms with Crippen molar-refractivity contribution >= 4 is 17.3 Å². The maximum Gasteiger partial charge on any atom is 0.229 e. The monoisotopic (exact) mass is 226 g/mol. The van der Waals surface area contributed by atoms with Crippen molar-refractivity contribution in [2.45, 2.75) is 19.9 Å². The summed E-state index contributed by atoms with van der Waals surface area (Å²) in [5.41, 5.74) is 0.297. The van der Waals surface area contributed by atoms with E-state index in [1.54, 1.807) is 13.8 Å². The summed E-state index contributed by atoms with van der Waals surface area (Å²) >= 11 is 0. The van der Waals surface area contributed by atoms with E-state index in [4.69, 9.17) is 0 Å². The Bertz CT molecular complexity index is 448. The van der Waals surface area contributed by atoms with Gasteiger partial charge in [-0.25, -0.2) is 8.78 Å². The Hall–Kier alpha value is -1.65. The molecule has 2 atom stereocenters. The summed E-state index contributed by atoms with van der Waals surface area (Å²) in [6.07, 6.45) is 0. The van der Waals surface area contributed by atoms with Crippen LogP contribution in [0.2, 0.25) is 0 Å². The van der Waals surface area contributed by atoms with Gasteiger partial charge < -0.3 is 10.6 Å². The molecule has 0 fully saturated rings. The van der Waals surface area contributed by atoms with E-state index < -0.39 is 11.6 Å². The summed E-state index contributed by atoms with van der Waals surface area (Å²) in [5.74, 6) is -2.02. The fraction of sp³-hybridized carbons (Fsp3) is 0.364. The number of amides is 1. The Morgan fingerprint density at radius 2 is 1.94 bits per heavy atom. The van der Waals surface area contributed by atoms with Crippen molar-refractivity contribution in [3.63, 3.8) is 0 Å². The number of carbonyl (C=O) groups is 1. The molecule has 2 N–H and O–H groups in total. The SMILES string of the molecule is CC1Nc2cc(F)cc(F)c2NC(=O)C1C. The maximum absolute atomic E-state index is 13.4. The molecular formula is C11H12F2N2O. The minimum absolute atomic E-state index is 0.0163. The largest absolute Gasteiger partial charge is 0.380 e. The zero-order chi connectivity index (χ0) is 11.9. The predicted molar refractivity (Wildman–Crippen MR) is 57.2 cm³/mol. The van der Waals surface area contributed by atoms with Crippen molar-refractivity contribution in [1.29, 1.82) is 0 Å². The van der Waals surface area contributed by atoms with E-state index >= 15 is 0 Å². The molecule has 1 aromatic rings. The second kappa shape index (κ2) is 3.73. The van der Waals surface area contributed by atoms with Gasteiger partial charge in [0.25, 0.3) is 0 Å². The quantitative estimate of drug-likeness (QED) is 0.713. The normalized spacial score (nSPS) is 24.1. The summed E-state index contributed by atoms with van der Waals surface area (Å²) in [5, 5.41) is 5.38. The first kappa shape index (κ1) is 10.9. The van der Waals surface area contributed by atoms with Gasteiger partial charge in [0.2, 0.25) is 5.91 Å². The molecule has 0 saturated heterocycles. The van der Waals surface area contributed by atoms with Crippen LogP contribution in [0.4, 0.5) is 20.2 Å². The van der Waals surface area contributed by atoms with Gasteiger partial charge in [-0.05, 0) is 13.0 Å². The molecule has 2 unspecified atom stereocenters. The van der Waals surface area contributed by atoms with Crippen molar-refractivity contribution in [2.24, 2.45) is 5.92 Å². The van der Waals surface area contributed by atoms with Gasteiger partial charge >= 0.3 is 0 Å². The molecule has 0 aliphatic carbocycles. The lowest BCUT2D eigenvalue weighted by Gasteiger charge is -2.16. The molecule has 3 nitrogen and oxygen atoms in total. The van der Waals surface area contributed by atoms with Crippen molar-refractivity contribution in [1.82, 2.24) is 0 Å². The Balaban J connectivity index is 2.51. The van der Waals surface area contributed by atoms with Crippen LogP contribution < -0.4 is 10.6 Å². The van der Waals surface area contributed by atoms with Crippen LogP contribution in [0.1, 0.15) is 13.8 Å². The Morgan fingerprint density at radius 3 is 2.62 bits per heavy atom. The zero-order valence-electron chi connectivity index (χ0n) is 8.97. The number of halogens is 2. The molecule has 16 heavy (non-hydrogen) atoms. The van der Waals surface area contributed by atoms with Crippen molar-refractivity contribution in [2.75, 3.05) is 10.6 Å². The van der Waals surface area contributed by atoms with E-state index in [1.165, 1.54) is 6.07 Å². The molecule has 1 amide bonds. The van der Waals surface area contributed by atoms with Gasteiger partial charge in [-0.1, -0.05) is 6.92 Å². The van der Waals surface area contributed by atoms with Crippen LogP contribution in [-0.4, -0.2) is 11.9 Å². The highest BCUT2D eigenvalue weighted by Crippen LogP contribution is 2.31. The first-order valence-electron chi connectivity index (χ1n) is 5.05. The fourth-order valence-corrected chi connectivity index (χ4v) is 1.65. The molecular weight excluding hydrogens is 214 g/mol. The Kier molecular flexibility index (Phi) is 2.53. The lowest BCUT2D eigenvalue weighted by Crippen LogP contribution is -2.30. The average Bonchev–Trinajstić information content (AvgIpc) is 2.29. The third-order valence-corrected chi connectivity index (χ3v) is 2.85. The molecule has 0 saturated carbocycles. The molecule has 0 bridgehead atoms. The van der Waals surface area contributed by atoms with Gasteiger partial charge in [-0.15, -0.1) is 0 Å². The molecule has 2 rings (SSSR count). The van der Waals surface area contributed by atoms with E-state index in [1.807, 2.05) is 0 Å². The van der Waals surface area contributed by atoms with E-state index in [-0.39, 0.29) is 29.2 Å². The topological polar surface area (TPSA) is 41.1 Å². The summed E-state index contributed by atoms with van der Waals surface area (Å²) < 4.78 is 26.5. The predicted octanol–water partition coefficient (Wildman–Crippen LogP) is 2.35. The summed E-state index contributed by atoms with van der Waals surface area (Å²) in [7, 11) is 0. The van der Waals surface area contributed by atoms with Crippen LogP contribution in [0.25, 0.3) is 0 Å². The lowest BCUT2D eigenvalue weighted by atomic mass is 10.0. The second-order valence-corrected chi connectivity index (χ2v) is 4.02. The third kappa shape index (κ3) is 1.73. The molecule has 1 aliphatic heterocycles. The first-order valence-corrected chi connectivity index (χ1v) is 5.05. The molecule has 0 spiro atoms. The van der Waals surface area contributed by atoms with Gasteiger partial charge in [0, 0.05) is 12.1 Å². The third-order valence-electron chi connectivity index (χ3n) is 2.85. The highest BCUT2D eigenvalue weighted by molar-refractivity contribution is 5.97. The van der Waals surface area contributed by atoms with Gasteiger partial charge in [-0.3, -0.25) is 4.79 Å². The van der Waals surface area contributed by atoms with Crippen molar-refractivity contribution in [3.8, 4) is 0 Å². The highest BCUT2D eigenvalue weighted by Gasteiger charge is 2.27. The summed E-state index contributed by atoms with van der Waals surface area (Å²) in [4.78, 5) is 11.6. The maximum atomic E-state index is 13.4. The highest BCUT2D eigenvalue weighted by atomic mass is 19.1. The van der Waals surface area contributed by atoms with Crippen LogP contribution >= 0.6 is 0 Å². The molecule has 0 aromatic heterocycles. The van der Waals surface area contributed by atoms with Crippen LogP contribution in [0.3, 0.4) is 0 Å². The molecule has 1 aliphatic rings. The summed E-state index contributed by atoms with van der Waals surface area (Å²) in [6.45, 7) is 3.52. The van der Waals surface area contributed by atoms with Crippen LogP contribution in [0, 0.1) is 17.6 Å².